The third-order valence-corrected chi connectivity index (χ3v) is 8.43. The van der Waals surface area contributed by atoms with Crippen LogP contribution in [0.1, 0.15) is 64.4 Å². The summed E-state index contributed by atoms with van der Waals surface area (Å²) in [5, 5.41) is 6.40. The molecule has 36 heavy (non-hydrogen) atoms. The molecule has 0 saturated carbocycles. The van der Waals surface area contributed by atoms with Gasteiger partial charge in [-0.15, -0.1) is 0 Å². The van der Waals surface area contributed by atoms with Gasteiger partial charge in [0.2, 0.25) is 0 Å². The summed E-state index contributed by atoms with van der Waals surface area (Å²) < 4.78 is 5.76. The van der Waals surface area contributed by atoms with Crippen molar-refractivity contribution in [3.63, 3.8) is 0 Å². The zero-order chi connectivity index (χ0) is 24.8. The van der Waals surface area contributed by atoms with Crippen LogP contribution in [0.25, 0.3) is 0 Å². The van der Waals surface area contributed by atoms with Gasteiger partial charge in [-0.2, -0.15) is 0 Å². The highest BCUT2D eigenvalue weighted by Crippen LogP contribution is 2.39. The molecule has 3 atom stereocenters. The number of nitrogens with one attached hydrogen (secondary N) is 2. The molecule has 2 N–H and O–H groups in total. The van der Waals surface area contributed by atoms with Crippen molar-refractivity contribution in [2.75, 3.05) is 31.1 Å². The van der Waals surface area contributed by atoms with E-state index in [1.54, 1.807) is 6.20 Å². The number of amides is 2. The highest BCUT2D eigenvalue weighted by atomic mass is 16.5. The van der Waals surface area contributed by atoms with Gasteiger partial charge in [-0.25, -0.2) is 4.98 Å². The quantitative estimate of drug-likeness (QED) is 0.649. The second-order valence-electron chi connectivity index (χ2n) is 10.7. The minimum Gasteiger partial charge on any atom is -0.493 e. The van der Waals surface area contributed by atoms with Crippen molar-refractivity contribution in [1.29, 1.82) is 0 Å². The summed E-state index contributed by atoms with van der Waals surface area (Å²) >= 11 is 0. The summed E-state index contributed by atoms with van der Waals surface area (Å²) in [6, 6.07) is 8.91. The van der Waals surface area contributed by atoms with Crippen LogP contribution in [0.2, 0.25) is 0 Å². The van der Waals surface area contributed by atoms with Crippen LogP contribution >= 0.6 is 0 Å². The first-order valence-electron chi connectivity index (χ1n) is 13.3. The van der Waals surface area contributed by atoms with Crippen molar-refractivity contribution in [2.24, 2.45) is 0 Å². The Bertz CT molecular complexity index is 1150. The van der Waals surface area contributed by atoms with Crippen molar-refractivity contribution in [3.05, 3.63) is 52.7 Å². The lowest BCUT2D eigenvalue weighted by atomic mass is 9.96. The number of piperidine rings is 1. The van der Waals surface area contributed by atoms with Crippen LogP contribution in [0.5, 0.6) is 5.75 Å². The number of nitrogens with zero attached hydrogens (tertiary/aromatic N) is 3. The van der Waals surface area contributed by atoms with E-state index < -0.39 is 0 Å². The monoisotopic (exact) mass is 489 g/mol. The lowest BCUT2D eigenvalue weighted by Gasteiger charge is -2.40. The molecule has 6 rings (SSSR count). The largest absolute Gasteiger partial charge is 0.493 e. The van der Waals surface area contributed by atoms with Gasteiger partial charge in [0.15, 0.2) is 0 Å². The second kappa shape index (κ2) is 9.39. The molecule has 5 heterocycles. The minimum absolute atomic E-state index is 0.00865. The number of rotatable bonds is 6. The van der Waals surface area contributed by atoms with E-state index in [2.05, 4.69) is 32.3 Å². The Morgan fingerprint density at radius 2 is 1.78 bits per heavy atom. The maximum atomic E-state index is 13.1. The summed E-state index contributed by atoms with van der Waals surface area (Å²) in [5.74, 6) is 1.75. The smallest absolute Gasteiger partial charge is 0.253 e. The fraction of sp³-hybridized carbons (Fsp3) is 0.536. The Morgan fingerprint density at radius 3 is 2.47 bits per heavy atom. The molecule has 0 unspecified atom stereocenters. The van der Waals surface area contributed by atoms with Crippen LogP contribution in [0.15, 0.2) is 30.5 Å². The van der Waals surface area contributed by atoms with Crippen LogP contribution in [-0.4, -0.2) is 72.1 Å². The molecular formula is C28H35N5O3. The number of aromatic nitrogens is 1. The normalized spacial score (nSPS) is 25.2. The standard InChI is InChI=1S/C28H35N5O3/c1-3-32-15-21(16-32)31-27(34)19-5-9-25(29-14-19)33-22-6-7-23(33)13-20(12-22)30-28(35)24-8-4-18-10-11-36-26(18)17(24)2/h4-5,8-9,14,20-23H,3,6-7,10-13,15-16H2,1-2H3,(H,30,35)(H,31,34)/t20-,22+,23-. The number of hydrogen-bond acceptors (Lipinski definition) is 6. The van der Waals surface area contributed by atoms with E-state index in [1.165, 1.54) is 5.56 Å². The third-order valence-electron chi connectivity index (χ3n) is 8.43. The second-order valence-corrected chi connectivity index (χ2v) is 10.7. The van der Waals surface area contributed by atoms with Crippen LogP contribution < -0.4 is 20.3 Å². The maximum absolute atomic E-state index is 13.1. The lowest BCUT2D eigenvalue weighted by molar-refractivity contribution is 0.0824. The van der Waals surface area contributed by atoms with Crippen LogP contribution in [-0.2, 0) is 6.42 Å². The van der Waals surface area contributed by atoms with Crippen LogP contribution in [0.4, 0.5) is 5.82 Å². The van der Waals surface area contributed by atoms with Crippen molar-refractivity contribution in [3.8, 4) is 5.75 Å². The number of carbonyl (C=O) groups is 2. The van der Waals surface area contributed by atoms with Crippen molar-refractivity contribution >= 4 is 17.6 Å². The number of pyridine rings is 1. The number of anilines is 1. The number of ether oxygens (including phenoxy) is 1. The Hall–Kier alpha value is -3.13. The van der Waals surface area contributed by atoms with E-state index in [4.69, 9.17) is 4.74 Å². The number of carbonyl (C=O) groups excluding carboxylic acids is 2. The predicted molar refractivity (Wildman–Crippen MR) is 138 cm³/mol. The van der Waals surface area contributed by atoms with Gasteiger partial charge in [0.25, 0.3) is 11.8 Å². The summed E-state index contributed by atoms with van der Waals surface area (Å²) in [7, 11) is 0. The number of fused-ring (bicyclic) bond motifs is 3. The molecule has 1 aromatic carbocycles. The average Bonchev–Trinajstić information content (AvgIpc) is 3.44. The van der Waals surface area contributed by atoms with Gasteiger partial charge in [0.1, 0.15) is 11.6 Å². The Morgan fingerprint density at radius 1 is 1.03 bits per heavy atom. The Kier molecular flexibility index (Phi) is 6.07. The average molecular weight is 490 g/mol. The predicted octanol–water partition coefficient (Wildman–Crippen LogP) is 2.69. The van der Waals surface area contributed by atoms with Crippen LogP contribution in [0.3, 0.4) is 0 Å². The molecule has 0 spiro atoms. The fourth-order valence-corrected chi connectivity index (χ4v) is 6.45. The van der Waals surface area contributed by atoms with E-state index in [9.17, 15) is 9.59 Å². The van der Waals surface area contributed by atoms with Crippen LogP contribution in [0, 0.1) is 6.92 Å². The zero-order valence-electron chi connectivity index (χ0n) is 21.1. The molecule has 2 aromatic rings. The van der Waals surface area contributed by atoms with Crippen molar-refractivity contribution in [1.82, 2.24) is 20.5 Å². The number of likely N-dealkylation sites (N-methyl/N-ethyl adjacent to an activating group) is 1. The molecule has 190 valence electrons. The van der Waals surface area contributed by atoms with Gasteiger partial charge in [0.05, 0.1) is 18.2 Å². The first-order valence-corrected chi connectivity index (χ1v) is 13.3. The first-order chi connectivity index (χ1) is 17.5. The Balaban J connectivity index is 1.07. The van der Waals surface area contributed by atoms with Gasteiger partial charge in [-0.05, 0) is 62.9 Å². The molecule has 3 saturated heterocycles. The van der Waals surface area contributed by atoms with Gasteiger partial charge in [-0.1, -0.05) is 13.0 Å². The minimum atomic E-state index is -0.0496. The molecule has 0 aliphatic carbocycles. The van der Waals surface area contributed by atoms with Crippen molar-refractivity contribution < 1.29 is 14.3 Å². The highest BCUT2D eigenvalue weighted by Gasteiger charge is 2.42. The molecule has 0 radical (unpaired) electrons. The third kappa shape index (κ3) is 4.21. The number of benzene rings is 1. The van der Waals surface area contributed by atoms with Crippen molar-refractivity contribution in [2.45, 2.75) is 70.1 Å². The topological polar surface area (TPSA) is 86.8 Å². The molecule has 4 aliphatic heterocycles. The molecule has 1 aromatic heterocycles. The van der Waals surface area contributed by atoms with E-state index in [0.717, 1.165) is 68.9 Å². The summed E-state index contributed by atoms with van der Waals surface area (Å²) in [6.45, 7) is 7.67. The van der Waals surface area contributed by atoms with E-state index in [1.807, 2.05) is 31.2 Å². The summed E-state index contributed by atoms with van der Waals surface area (Å²) in [5.41, 5.74) is 3.45. The summed E-state index contributed by atoms with van der Waals surface area (Å²) in [4.78, 5) is 35.1. The van der Waals surface area contributed by atoms with Gasteiger partial charge < -0.3 is 20.3 Å². The molecular weight excluding hydrogens is 454 g/mol. The molecule has 8 nitrogen and oxygen atoms in total. The fourth-order valence-electron chi connectivity index (χ4n) is 6.45. The SMILES string of the molecule is CCN1CC(NC(=O)c2ccc(N3[C@@H]4CC[C@H]3C[C@@H](NC(=O)c3ccc5c(c3C)OCC5)C4)nc2)C1. The number of likely N-dealkylation sites (tertiary alicyclic amines) is 1. The summed E-state index contributed by atoms with van der Waals surface area (Å²) in [6.07, 6.45) is 6.62. The zero-order valence-corrected chi connectivity index (χ0v) is 21.1. The van der Waals surface area contributed by atoms with E-state index in [0.29, 0.717) is 29.8 Å². The van der Waals surface area contributed by atoms with Gasteiger partial charge in [-0.3, -0.25) is 14.5 Å². The lowest BCUT2D eigenvalue weighted by Crippen LogP contribution is -2.58. The first kappa shape index (κ1) is 23.3. The molecule has 2 bridgehead atoms. The van der Waals surface area contributed by atoms with E-state index >= 15 is 0 Å². The van der Waals surface area contributed by atoms with Gasteiger partial charge in [0, 0.05) is 55.0 Å². The molecule has 3 fully saturated rings. The molecule has 4 aliphatic rings. The van der Waals surface area contributed by atoms with Gasteiger partial charge >= 0.3 is 0 Å². The molecule has 2 amide bonds. The maximum Gasteiger partial charge on any atom is 0.253 e. The number of hydrogen-bond donors (Lipinski definition) is 2. The highest BCUT2D eigenvalue weighted by molar-refractivity contribution is 5.97. The Labute approximate surface area is 212 Å². The van der Waals surface area contributed by atoms with E-state index in [-0.39, 0.29) is 23.9 Å². The molecule has 8 heteroatoms.